The van der Waals surface area contributed by atoms with Gasteiger partial charge >= 0.3 is 0 Å². The van der Waals surface area contributed by atoms with Gasteiger partial charge in [-0.05, 0) is 32.2 Å². The molecule has 2 amide bonds. The average Bonchev–Trinajstić information content (AvgIpc) is 3.06. The number of hydrogen-bond acceptors (Lipinski definition) is 4. The molecule has 0 spiro atoms. The van der Waals surface area contributed by atoms with Gasteiger partial charge in [-0.3, -0.25) is 14.5 Å². The normalized spacial score (nSPS) is 25.8. The van der Waals surface area contributed by atoms with Gasteiger partial charge in [0.1, 0.15) is 0 Å². The Bertz CT molecular complexity index is 432. The van der Waals surface area contributed by atoms with Crippen LogP contribution in [0.1, 0.15) is 39.0 Å². The Kier molecular flexibility index (Phi) is 5.57. The molecule has 2 heterocycles. The van der Waals surface area contributed by atoms with Crippen molar-refractivity contribution in [2.24, 2.45) is 0 Å². The minimum Gasteiger partial charge on any atom is -0.354 e. The molecular formula is C15H24N4O2. The van der Waals surface area contributed by atoms with E-state index in [0.29, 0.717) is 25.6 Å². The van der Waals surface area contributed by atoms with Crippen LogP contribution in [0.15, 0.2) is 0 Å². The number of nitrogens with one attached hydrogen (secondary N) is 1. The first kappa shape index (κ1) is 15.8. The molecule has 2 rings (SSSR count). The molecule has 0 bridgehead atoms. The van der Waals surface area contributed by atoms with Crippen LogP contribution in [0, 0.1) is 11.3 Å². The van der Waals surface area contributed by atoms with Gasteiger partial charge in [-0.15, -0.1) is 0 Å². The second kappa shape index (κ2) is 7.41. The van der Waals surface area contributed by atoms with Crippen molar-refractivity contribution < 1.29 is 9.59 Å². The standard InChI is InChI=1S/C15H24N4O2/c1-12(20)19-10-3-6-14(19)13-5-2-9-18(13)11-15(21)17-8-4-7-16/h13-14H,2-6,8-11H2,1H3,(H,17,21)/t13-,14-/m1/s1. The number of likely N-dealkylation sites (tertiary alicyclic amines) is 2. The highest BCUT2D eigenvalue weighted by atomic mass is 16.2. The summed E-state index contributed by atoms with van der Waals surface area (Å²) in [4.78, 5) is 27.8. The van der Waals surface area contributed by atoms with Gasteiger partial charge in [0.2, 0.25) is 11.8 Å². The fourth-order valence-corrected chi connectivity index (χ4v) is 3.57. The summed E-state index contributed by atoms with van der Waals surface area (Å²) in [5.41, 5.74) is 0. The molecule has 6 nitrogen and oxygen atoms in total. The zero-order chi connectivity index (χ0) is 15.2. The lowest BCUT2D eigenvalue weighted by molar-refractivity contribution is -0.130. The van der Waals surface area contributed by atoms with E-state index in [0.717, 1.165) is 38.8 Å². The van der Waals surface area contributed by atoms with E-state index >= 15 is 0 Å². The zero-order valence-electron chi connectivity index (χ0n) is 12.7. The molecule has 2 aliphatic heterocycles. The maximum absolute atomic E-state index is 11.9. The molecular weight excluding hydrogens is 268 g/mol. The summed E-state index contributed by atoms with van der Waals surface area (Å²) >= 11 is 0. The van der Waals surface area contributed by atoms with Gasteiger partial charge in [0.05, 0.1) is 19.0 Å². The van der Waals surface area contributed by atoms with E-state index in [1.165, 1.54) is 0 Å². The quantitative estimate of drug-likeness (QED) is 0.748. The molecule has 0 aromatic carbocycles. The molecule has 0 saturated carbocycles. The lowest BCUT2D eigenvalue weighted by Crippen LogP contribution is -2.50. The van der Waals surface area contributed by atoms with Crippen LogP contribution in [0.3, 0.4) is 0 Å². The maximum atomic E-state index is 11.9. The third-order valence-corrected chi connectivity index (χ3v) is 4.47. The number of amides is 2. The summed E-state index contributed by atoms with van der Waals surface area (Å²) in [6.45, 7) is 4.18. The minimum atomic E-state index is -0.0236. The molecule has 2 aliphatic rings. The van der Waals surface area contributed by atoms with Crippen LogP contribution in [0.4, 0.5) is 0 Å². The minimum absolute atomic E-state index is 0.0236. The Balaban J connectivity index is 1.89. The van der Waals surface area contributed by atoms with Crippen molar-refractivity contribution in [1.82, 2.24) is 15.1 Å². The molecule has 2 atom stereocenters. The number of nitrogens with zero attached hydrogens (tertiary/aromatic N) is 3. The van der Waals surface area contributed by atoms with Crippen molar-refractivity contribution in [1.29, 1.82) is 5.26 Å². The zero-order valence-corrected chi connectivity index (χ0v) is 12.7. The lowest BCUT2D eigenvalue weighted by Gasteiger charge is -2.34. The Morgan fingerprint density at radius 1 is 1.24 bits per heavy atom. The molecule has 21 heavy (non-hydrogen) atoms. The van der Waals surface area contributed by atoms with E-state index in [2.05, 4.69) is 10.2 Å². The predicted octanol–water partition coefficient (Wildman–Crippen LogP) is 0.492. The van der Waals surface area contributed by atoms with Gasteiger partial charge in [0.25, 0.3) is 0 Å². The average molecular weight is 292 g/mol. The number of carbonyl (C=O) groups excluding carboxylic acids is 2. The van der Waals surface area contributed by atoms with E-state index < -0.39 is 0 Å². The van der Waals surface area contributed by atoms with E-state index in [-0.39, 0.29) is 17.9 Å². The van der Waals surface area contributed by atoms with Crippen molar-refractivity contribution in [3.63, 3.8) is 0 Å². The third kappa shape index (κ3) is 3.94. The second-order valence-electron chi connectivity index (χ2n) is 5.86. The molecule has 116 valence electrons. The van der Waals surface area contributed by atoms with Crippen LogP contribution in [-0.4, -0.2) is 59.9 Å². The number of nitriles is 1. The van der Waals surface area contributed by atoms with Crippen LogP contribution < -0.4 is 5.32 Å². The van der Waals surface area contributed by atoms with E-state index in [1.54, 1.807) is 6.92 Å². The first-order valence-electron chi connectivity index (χ1n) is 7.78. The van der Waals surface area contributed by atoms with E-state index in [1.807, 2.05) is 11.0 Å². The highest BCUT2D eigenvalue weighted by Crippen LogP contribution is 2.29. The van der Waals surface area contributed by atoms with Gasteiger partial charge in [0.15, 0.2) is 0 Å². The highest BCUT2D eigenvalue weighted by Gasteiger charge is 2.39. The van der Waals surface area contributed by atoms with Crippen molar-refractivity contribution in [2.45, 2.75) is 51.1 Å². The lowest BCUT2D eigenvalue weighted by atomic mass is 10.0. The first-order valence-corrected chi connectivity index (χ1v) is 7.78. The fourth-order valence-electron chi connectivity index (χ4n) is 3.57. The first-order chi connectivity index (χ1) is 10.1. The summed E-state index contributed by atoms with van der Waals surface area (Å²) in [5.74, 6) is 0.118. The molecule has 0 aromatic heterocycles. The fraction of sp³-hybridized carbons (Fsp3) is 0.800. The van der Waals surface area contributed by atoms with Gasteiger partial charge in [0, 0.05) is 32.1 Å². The molecule has 0 radical (unpaired) electrons. The topological polar surface area (TPSA) is 76.4 Å². The number of hydrogen-bond donors (Lipinski definition) is 1. The van der Waals surface area contributed by atoms with Crippen LogP contribution in [-0.2, 0) is 9.59 Å². The predicted molar refractivity (Wildman–Crippen MR) is 78.2 cm³/mol. The van der Waals surface area contributed by atoms with Crippen molar-refractivity contribution in [2.75, 3.05) is 26.2 Å². The van der Waals surface area contributed by atoms with Crippen LogP contribution >= 0.6 is 0 Å². The summed E-state index contributed by atoms with van der Waals surface area (Å²) in [7, 11) is 0. The maximum Gasteiger partial charge on any atom is 0.234 e. The monoisotopic (exact) mass is 292 g/mol. The van der Waals surface area contributed by atoms with Gasteiger partial charge in [-0.2, -0.15) is 5.26 Å². The molecule has 2 fully saturated rings. The highest BCUT2D eigenvalue weighted by molar-refractivity contribution is 5.78. The summed E-state index contributed by atoms with van der Waals surface area (Å²) in [6, 6.07) is 2.58. The molecule has 0 aliphatic carbocycles. The largest absolute Gasteiger partial charge is 0.354 e. The third-order valence-electron chi connectivity index (χ3n) is 4.47. The molecule has 0 unspecified atom stereocenters. The summed E-state index contributed by atoms with van der Waals surface area (Å²) in [6.07, 6.45) is 4.58. The Morgan fingerprint density at radius 2 is 1.95 bits per heavy atom. The van der Waals surface area contributed by atoms with Gasteiger partial charge in [-0.1, -0.05) is 0 Å². The van der Waals surface area contributed by atoms with Crippen molar-refractivity contribution in [3.8, 4) is 6.07 Å². The SMILES string of the molecule is CC(=O)N1CCC[C@@H]1[C@H]1CCCN1CC(=O)NCCC#N. The smallest absolute Gasteiger partial charge is 0.234 e. The molecule has 0 aromatic rings. The Hall–Kier alpha value is -1.61. The number of carbonyl (C=O) groups is 2. The van der Waals surface area contributed by atoms with Crippen LogP contribution in [0.5, 0.6) is 0 Å². The number of rotatable bonds is 5. The Labute approximate surface area is 126 Å². The van der Waals surface area contributed by atoms with Crippen molar-refractivity contribution in [3.05, 3.63) is 0 Å². The molecule has 1 N–H and O–H groups in total. The molecule has 6 heteroatoms. The van der Waals surface area contributed by atoms with E-state index in [9.17, 15) is 9.59 Å². The van der Waals surface area contributed by atoms with Gasteiger partial charge < -0.3 is 10.2 Å². The second-order valence-corrected chi connectivity index (χ2v) is 5.86. The van der Waals surface area contributed by atoms with Crippen LogP contribution in [0.2, 0.25) is 0 Å². The Morgan fingerprint density at radius 3 is 2.67 bits per heavy atom. The molecule has 2 saturated heterocycles. The summed E-state index contributed by atoms with van der Waals surface area (Å²) in [5, 5.41) is 11.3. The summed E-state index contributed by atoms with van der Waals surface area (Å²) < 4.78 is 0. The van der Waals surface area contributed by atoms with E-state index in [4.69, 9.17) is 5.26 Å². The van der Waals surface area contributed by atoms with Crippen molar-refractivity contribution >= 4 is 11.8 Å². The van der Waals surface area contributed by atoms with Crippen LogP contribution in [0.25, 0.3) is 0 Å². The van der Waals surface area contributed by atoms with Gasteiger partial charge in [-0.25, -0.2) is 0 Å².